The van der Waals surface area contributed by atoms with Crippen LogP contribution in [0.25, 0.3) is 15.9 Å². The first-order valence-electron chi connectivity index (χ1n) is 13.5. The monoisotopic (exact) mass is 538 g/mol. The number of piperidine rings is 1. The number of fused-ring (bicyclic) bond motifs is 1. The lowest BCUT2D eigenvalue weighted by Gasteiger charge is -2.32. The molecule has 0 amide bonds. The van der Waals surface area contributed by atoms with E-state index >= 15 is 0 Å². The molecule has 204 valence electrons. The van der Waals surface area contributed by atoms with Crippen molar-refractivity contribution in [1.82, 2.24) is 24.4 Å². The van der Waals surface area contributed by atoms with Crippen LogP contribution in [0.5, 0.6) is 5.88 Å². The minimum absolute atomic E-state index is 0.143. The second-order valence-corrected chi connectivity index (χ2v) is 10.3. The molecule has 1 aromatic carbocycles. The van der Waals surface area contributed by atoms with E-state index in [0.717, 1.165) is 67.2 Å². The Hall–Kier alpha value is -4.33. The highest BCUT2D eigenvalue weighted by Crippen LogP contribution is 2.30. The molecule has 10 heteroatoms. The van der Waals surface area contributed by atoms with Crippen LogP contribution in [0.15, 0.2) is 54.7 Å². The Morgan fingerprint density at radius 3 is 2.67 bits per heavy atom. The van der Waals surface area contributed by atoms with Crippen molar-refractivity contribution in [3.8, 4) is 5.88 Å². The van der Waals surface area contributed by atoms with E-state index in [4.69, 9.17) is 26.0 Å². The Morgan fingerprint density at radius 2 is 1.98 bits per heavy atom. The molecule has 0 spiro atoms. The maximum Gasteiger partial charge on any atom is 0.335 e. The van der Waals surface area contributed by atoms with Gasteiger partial charge in [-0.3, -0.25) is 9.88 Å². The van der Waals surface area contributed by atoms with Gasteiger partial charge in [-0.2, -0.15) is 0 Å². The van der Waals surface area contributed by atoms with E-state index in [1.165, 1.54) is 0 Å². The average molecular weight is 539 g/mol. The van der Waals surface area contributed by atoms with Crippen molar-refractivity contribution in [3.05, 3.63) is 88.9 Å². The summed E-state index contributed by atoms with van der Waals surface area (Å²) in [6.07, 6.45) is 4.65. The number of likely N-dealkylation sites (tertiary alicyclic amines) is 1. The zero-order chi connectivity index (χ0) is 27.5. The van der Waals surface area contributed by atoms with Crippen LogP contribution in [-0.2, 0) is 24.4 Å². The third-order valence-electron chi connectivity index (χ3n) is 7.68. The summed E-state index contributed by atoms with van der Waals surface area (Å²) >= 11 is 0. The number of aromatic carboxylic acids is 1. The van der Waals surface area contributed by atoms with Gasteiger partial charge in [0, 0.05) is 30.5 Å². The van der Waals surface area contributed by atoms with Gasteiger partial charge in [-0.05, 0) is 62.7 Å². The number of carboxylic acid groups (broad SMARTS) is 1. The summed E-state index contributed by atoms with van der Waals surface area (Å²) in [4.78, 5) is 31.3. The number of carboxylic acids is 1. The largest absolute Gasteiger partial charge is 0.478 e. The molecule has 2 aliphatic heterocycles. The third-order valence-corrected chi connectivity index (χ3v) is 7.68. The molecule has 10 nitrogen and oxygen atoms in total. The lowest BCUT2D eigenvalue weighted by Crippen LogP contribution is -2.35. The second-order valence-electron chi connectivity index (χ2n) is 10.3. The van der Waals surface area contributed by atoms with Crippen LogP contribution >= 0.6 is 0 Å². The average Bonchev–Trinajstić information content (AvgIpc) is 3.30. The number of carbonyl (C=O) groups is 1. The van der Waals surface area contributed by atoms with Crippen LogP contribution in [0.2, 0.25) is 0 Å². The first-order valence-corrected chi connectivity index (χ1v) is 13.5. The minimum Gasteiger partial charge on any atom is -0.478 e. The van der Waals surface area contributed by atoms with Crippen molar-refractivity contribution < 1.29 is 19.4 Å². The zero-order valence-electron chi connectivity index (χ0n) is 22.1. The van der Waals surface area contributed by atoms with E-state index in [0.29, 0.717) is 37.2 Å². The predicted molar refractivity (Wildman–Crippen MR) is 147 cm³/mol. The molecule has 0 bridgehead atoms. The van der Waals surface area contributed by atoms with E-state index in [-0.39, 0.29) is 11.7 Å². The molecule has 1 atom stereocenters. The summed E-state index contributed by atoms with van der Waals surface area (Å²) in [7, 11) is 0. The number of rotatable bonds is 9. The highest BCUT2D eigenvalue weighted by molar-refractivity contribution is 5.92. The number of imidazole rings is 1. The van der Waals surface area contributed by atoms with Gasteiger partial charge in [-0.15, -0.1) is 0 Å². The molecule has 1 N–H and O–H groups in total. The number of nitrogens with zero attached hydrogens (tertiary/aromatic N) is 6. The van der Waals surface area contributed by atoms with Gasteiger partial charge >= 0.3 is 5.97 Å². The van der Waals surface area contributed by atoms with Crippen molar-refractivity contribution >= 4 is 22.7 Å². The van der Waals surface area contributed by atoms with Gasteiger partial charge in [-0.25, -0.2) is 19.6 Å². The molecule has 40 heavy (non-hydrogen) atoms. The molecule has 0 radical (unpaired) electrons. The first kappa shape index (κ1) is 25.9. The number of hydrogen-bond acceptors (Lipinski definition) is 7. The predicted octanol–water partition coefficient (Wildman–Crippen LogP) is 4.82. The van der Waals surface area contributed by atoms with Crippen LogP contribution in [0.4, 0.5) is 5.69 Å². The van der Waals surface area contributed by atoms with Crippen molar-refractivity contribution in [2.75, 3.05) is 19.7 Å². The first-order chi connectivity index (χ1) is 19.6. The maximum absolute atomic E-state index is 11.6. The molecule has 6 rings (SSSR count). The standard InChI is InChI=1S/C30H30N6O4/c1-31-22-6-7-23(32-16-22)19-40-29-4-2-3-25(34-29)20-9-12-35(13-10-20)18-28-33-26-8-5-21(30(37)38)15-27(26)36(28)17-24-11-14-39-24/h2-8,15-16,20,24H,9-14,17-19H2,(H,37,38)/t24-/m0/s1. The molecular formula is C30H30N6O4. The second kappa shape index (κ2) is 11.4. The van der Waals surface area contributed by atoms with E-state index in [9.17, 15) is 9.90 Å². The smallest absolute Gasteiger partial charge is 0.335 e. The maximum atomic E-state index is 11.6. The summed E-state index contributed by atoms with van der Waals surface area (Å²) in [5.74, 6) is 0.922. The van der Waals surface area contributed by atoms with Gasteiger partial charge in [0.15, 0.2) is 0 Å². The molecule has 3 aromatic heterocycles. The van der Waals surface area contributed by atoms with Crippen molar-refractivity contribution in [1.29, 1.82) is 0 Å². The fraction of sp³-hybridized carbons (Fsp3) is 0.367. The number of hydrogen-bond donors (Lipinski definition) is 1. The molecule has 0 unspecified atom stereocenters. The van der Waals surface area contributed by atoms with Crippen LogP contribution in [0, 0.1) is 6.57 Å². The summed E-state index contributed by atoms with van der Waals surface area (Å²) < 4.78 is 13.7. The third kappa shape index (κ3) is 5.66. The molecule has 2 saturated heterocycles. The molecule has 0 saturated carbocycles. The van der Waals surface area contributed by atoms with Gasteiger partial charge < -0.3 is 19.1 Å². The summed E-state index contributed by atoms with van der Waals surface area (Å²) in [5.41, 5.74) is 4.22. The lowest BCUT2D eigenvalue weighted by molar-refractivity contribution is -0.0592. The SMILES string of the molecule is [C-]#[N+]c1ccc(COc2cccc(C3CCN(Cc4nc5ccc(C(=O)O)cc5n4C[C@@H]4CCO4)CC3)n2)nc1. The van der Waals surface area contributed by atoms with Gasteiger partial charge in [-0.1, -0.05) is 12.1 Å². The highest BCUT2D eigenvalue weighted by atomic mass is 16.5. The molecule has 2 aliphatic rings. The van der Waals surface area contributed by atoms with E-state index < -0.39 is 5.97 Å². The van der Waals surface area contributed by atoms with Gasteiger partial charge in [0.25, 0.3) is 0 Å². The summed E-state index contributed by atoms with van der Waals surface area (Å²) in [5, 5.41) is 9.49. The number of benzene rings is 1. The summed E-state index contributed by atoms with van der Waals surface area (Å²) in [6, 6.07) is 14.6. The highest BCUT2D eigenvalue weighted by Gasteiger charge is 2.26. The lowest BCUT2D eigenvalue weighted by atomic mass is 9.93. The Kier molecular flexibility index (Phi) is 7.40. The quantitative estimate of drug-likeness (QED) is 0.302. The molecule has 2 fully saturated rings. The fourth-order valence-electron chi connectivity index (χ4n) is 5.30. The van der Waals surface area contributed by atoms with Crippen LogP contribution in [-0.4, -0.2) is 61.3 Å². The van der Waals surface area contributed by atoms with Gasteiger partial charge in [0.2, 0.25) is 11.6 Å². The fourth-order valence-corrected chi connectivity index (χ4v) is 5.30. The van der Waals surface area contributed by atoms with Crippen molar-refractivity contribution in [2.24, 2.45) is 0 Å². The van der Waals surface area contributed by atoms with Gasteiger partial charge in [0.05, 0.1) is 48.1 Å². The van der Waals surface area contributed by atoms with Crippen molar-refractivity contribution in [3.63, 3.8) is 0 Å². The van der Waals surface area contributed by atoms with E-state index in [2.05, 4.69) is 25.4 Å². The normalized spacial score (nSPS) is 17.8. The minimum atomic E-state index is -0.937. The number of ether oxygens (including phenoxy) is 2. The van der Waals surface area contributed by atoms with Crippen molar-refractivity contribution in [2.45, 2.75) is 51.0 Å². The van der Waals surface area contributed by atoms with Crippen LogP contribution in [0.3, 0.4) is 0 Å². The van der Waals surface area contributed by atoms with E-state index in [1.807, 2.05) is 12.1 Å². The zero-order valence-corrected chi connectivity index (χ0v) is 22.1. The Labute approximate surface area is 232 Å². The molecule has 5 heterocycles. The Bertz CT molecular complexity index is 1550. The van der Waals surface area contributed by atoms with E-state index in [1.54, 1.807) is 36.5 Å². The summed E-state index contributed by atoms with van der Waals surface area (Å²) in [6.45, 7) is 11.3. The van der Waals surface area contributed by atoms with Gasteiger partial charge in [0.1, 0.15) is 12.4 Å². The number of pyridine rings is 2. The van der Waals surface area contributed by atoms with Crippen LogP contribution in [0.1, 0.15) is 52.8 Å². The Balaban J connectivity index is 1.10. The molecule has 0 aliphatic carbocycles. The van der Waals surface area contributed by atoms with Crippen LogP contribution < -0.4 is 4.74 Å². The number of aromatic nitrogens is 4. The molecule has 4 aromatic rings. The molecular weight excluding hydrogens is 508 g/mol. The Morgan fingerprint density at radius 1 is 1.12 bits per heavy atom. The topological polar surface area (TPSA) is 107 Å².